The third kappa shape index (κ3) is 4.97. The van der Waals surface area contributed by atoms with Gasteiger partial charge in [0.15, 0.2) is 0 Å². The second-order valence-electron chi connectivity index (χ2n) is 6.34. The molecule has 27 heavy (non-hydrogen) atoms. The first-order valence-corrected chi connectivity index (χ1v) is 8.82. The lowest BCUT2D eigenvalue weighted by molar-refractivity contribution is -0.132. The second-order valence-corrected chi connectivity index (χ2v) is 6.34. The van der Waals surface area contributed by atoms with Crippen LogP contribution in [0, 0.1) is 19.7 Å². The largest absolute Gasteiger partial charge is 0.332 e. The van der Waals surface area contributed by atoms with Crippen molar-refractivity contribution in [3.8, 4) is 0 Å². The van der Waals surface area contributed by atoms with Crippen LogP contribution >= 0.6 is 0 Å². The molecule has 2 heterocycles. The van der Waals surface area contributed by atoms with E-state index in [-0.39, 0.29) is 24.7 Å². The van der Waals surface area contributed by atoms with E-state index < -0.39 is 0 Å². The number of nitrogens with zero attached hydrogens (tertiary/aromatic N) is 5. The van der Waals surface area contributed by atoms with Gasteiger partial charge in [-0.05, 0) is 32.0 Å². The smallest absolute Gasteiger partial charge is 0.225 e. The van der Waals surface area contributed by atoms with Gasteiger partial charge in [-0.1, -0.05) is 24.3 Å². The predicted octanol–water partition coefficient (Wildman–Crippen LogP) is 3.05. The summed E-state index contributed by atoms with van der Waals surface area (Å²) >= 11 is 0. The van der Waals surface area contributed by atoms with Gasteiger partial charge in [-0.2, -0.15) is 5.10 Å². The van der Waals surface area contributed by atoms with Crippen molar-refractivity contribution in [2.75, 3.05) is 0 Å². The molecule has 0 unspecified atom stereocenters. The van der Waals surface area contributed by atoms with Gasteiger partial charge >= 0.3 is 0 Å². The van der Waals surface area contributed by atoms with Crippen LogP contribution in [0.2, 0.25) is 0 Å². The number of carbonyl (C=O) groups excluding carboxylic acids is 1. The number of pyridine rings is 1. The molecule has 0 saturated heterocycles. The molecule has 0 aliphatic rings. The van der Waals surface area contributed by atoms with E-state index in [0.29, 0.717) is 24.5 Å². The minimum absolute atomic E-state index is 0.0866. The molecule has 2 aromatic heterocycles. The molecule has 140 valence electrons. The minimum Gasteiger partial charge on any atom is -0.332 e. The van der Waals surface area contributed by atoms with Gasteiger partial charge in [-0.3, -0.25) is 9.78 Å². The molecule has 0 N–H and O–H groups in total. The van der Waals surface area contributed by atoms with Crippen molar-refractivity contribution >= 4 is 5.91 Å². The topological polar surface area (TPSA) is 63.9 Å². The Hall–Kier alpha value is -3.09. The van der Waals surface area contributed by atoms with Gasteiger partial charge in [0.25, 0.3) is 0 Å². The quantitative estimate of drug-likeness (QED) is 0.644. The van der Waals surface area contributed by atoms with Crippen molar-refractivity contribution in [1.82, 2.24) is 24.6 Å². The van der Waals surface area contributed by atoms with Crippen LogP contribution in [0.3, 0.4) is 0 Å². The number of hydrogen-bond acceptors (Lipinski definition) is 4. The van der Waals surface area contributed by atoms with E-state index in [1.165, 1.54) is 6.07 Å². The van der Waals surface area contributed by atoms with Gasteiger partial charge in [-0.25, -0.2) is 14.1 Å². The highest BCUT2D eigenvalue weighted by molar-refractivity contribution is 5.76. The van der Waals surface area contributed by atoms with E-state index in [0.717, 1.165) is 11.5 Å². The molecule has 0 saturated carbocycles. The van der Waals surface area contributed by atoms with Gasteiger partial charge in [0.1, 0.15) is 17.5 Å². The van der Waals surface area contributed by atoms with Gasteiger partial charge in [0.05, 0.1) is 18.8 Å². The molecule has 0 spiro atoms. The number of aryl methyl sites for hydroxylation is 3. The molecule has 1 aromatic carbocycles. The molecule has 0 radical (unpaired) electrons. The standard InChI is InChI=1S/C20H22FN5O/c1-15-23-16(2)26(24-15)12-10-20(27)25(14-18-8-5-6-11-22-18)13-17-7-3-4-9-19(17)21/h3-9,11H,10,12-14H2,1-2H3. The Morgan fingerprint density at radius 1 is 1.11 bits per heavy atom. The minimum atomic E-state index is -0.320. The highest BCUT2D eigenvalue weighted by Crippen LogP contribution is 2.14. The number of amides is 1. The Labute approximate surface area is 157 Å². The first-order chi connectivity index (χ1) is 13.0. The summed E-state index contributed by atoms with van der Waals surface area (Å²) in [5, 5.41) is 4.29. The molecule has 3 aromatic rings. The molecule has 6 nitrogen and oxygen atoms in total. The molecule has 7 heteroatoms. The molecular formula is C20H22FN5O. The van der Waals surface area contributed by atoms with Gasteiger partial charge in [0, 0.05) is 24.7 Å². The normalized spacial score (nSPS) is 10.8. The Balaban J connectivity index is 1.74. The highest BCUT2D eigenvalue weighted by Gasteiger charge is 2.17. The van der Waals surface area contributed by atoms with E-state index in [9.17, 15) is 9.18 Å². The number of carbonyl (C=O) groups is 1. The summed E-state index contributed by atoms with van der Waals surface area (Å²) in [6, 6.07) is 12.0. The maximum Gasteiger partial charge on any atom is 0.225 e. The number of rotatable bonds is 7. The summed E-state index contributed by atoms with van der Waals surface area (Å²) < 4.78 is 15.8. The van der Waals surface area contributed by atoms with Crippen LogP contribution in [0.15, 0.2) is 48.7 Å². The number of aromatic nitrogens is 4. The SMILES string of the molecule is Cc1nc(C)n(CCC(=O)N(Cc2ccccn2)Cc2ccccc2F)n1. The Morgan fingerprint density at radius 2 is 1.89 bits per heavy atom. The van der Waals surface area contributed by atoms with Crippen molar-refractivity contribution < 1.29 is 9.18 Å². The van der Waals surface area contributed by atoms with Crippen LogP contribution in [-0.2, 0) is 24.4 Å². The summed E-state index contributed by atoms with van der Waals surface area (Å²) in [4.78, 5) is 23.0. The molecule has 1 amide bonds. The number of halogens is 1. The molecule has 0 aliphatic heterocycles. The maximum absolute atomic E-state index is 14.1. The van der Waals surface area contributed by atoms with Gasteiger partial charge in [0.2, 0.25) is 5.91 Å². The van der Waals surface area contributed by atoms with Crippen LogP contribution in [0.5, 0.6) is 0 Å². The predicted molar refractivity (Wildman–Crippen MR) is 99.0 cm³/mol. The number of hydrogen-bond donors (Lipinski definition) is 0. The molecule has 0 fully saturated rings. The summed E-state index contributed by atoms with van der Waals surface area (Å²) in [6.07, 6.45) is 1.94. The molecule has 3 rings (SSSR count). The fraction of sp³-hybridized carbons (Fsp3) is 0.300. The molecule has 0 atom stereocenters. The summed E-state index contributed by atoms with van der Waals surface area (Å²) in [5.74, 6) is 1.04. The summed E-state index contributed by atoms with van der Waals surface area (Å²) in [7, 11) is 0. The zero-order valence-corrected chi connectivity index (χ0v) is 15.5. The third-order valence-corrected chi connectivity index (χ3v) is 4.25. The first-order valence-electron chi connectivity index (χ1n) is 8.82. The van der Waals surface area contributed by atoms with E-state index in [4.69, 9.17) is 0 Å². The average molecular weight is 367 g/mol. The van der Waals surface area contributed by atoms with E-state index in [2.05, 4.69) is 15.1 Å². The summed E-state index contributed by atoms with van der Waals surface area (Å²) in [5.41, 5.74) is 1.24. The first kappa shape index (κ1) is 18.7. The third-order valence-electron chi connectivity index (χ3n) is 4.25. The zero-order chi connectivity index (χ0) is 19.2. The monoisotopic (exact) mass is 367 g/mol. The lowest BCUT2D eigenvalue weighted by Gasteiger charge is -2.23. The summed E-state index contributed by atoms with van der Waals surface area (Å²) in [6.45, 7) is 4.62. The lowest BCUT2D eigenvalue weighted by Crippen LogP contribution is -2.31. The van der Waals surface area contributed by atoms with Crippen LogP contribution < -0.4 is 0 Å². The van der Waals surface area contributed by atoms with Gasteiger partial charge in [-0.15, -0.1) is 0 Å². The van der Waals surface area contributed by atoms with E-state index in [1.54, 1.807) is 34.0 Å². The maximum atomic E-state index is 14.1. The Bertz CT molecular complexity index is 910. The van der Waals surface area contributed by atoms with E-state index in [1.807, 2.05) is 32.0 Å². The van der Waals surface area contributed by atoms with Crippen molar-refractivity contribution in [3.63, 3.8) is 0 Å². The molecular weight excluding hydrogens is 345 g/mol. The molecule has 0 aliphatic carbocycles. The zero-order valence-electron chi connectivity index (χ0n) is 15.5. The average Bonchev–Trinajstić information content (AvgIpc) is 2.99. The van der Waals surface area contributed by atoms with Crippen molar-refractivity contribution in [1.29, 1.82) is 0 Å². The molecule has 0 bridgehead atoms. The van der Waals surface area contributed by atoms with Crippen molar-refractivity contribution in [2.24, 2.45) is 0 Å². The van der Waals surface area contributed by atoms with Crippen molar-refractivity contribution in [3.05, 3.63) is 77.4 Å². The fourth-order valence-electron chi connectivity index (χ4n) is 2.88. The highest BCUT2D eigenvalue weighted by atomic mass is 19.1. The van der Waals surface area contributed by atoms with Crippen LogP contribution in [0.25, 0.3) is 0 Å². The van der Waals surface area contributed by atoms with Gasteiger partial charge < -0.3 is 4.90 Å². The van der Waals surface area contributed by atoms with Crippen LogP contribution in [0.4, 0.5) is 4.39 Å². The number of benzene rings is 1. The van der Waals surface area contributed by atoms with Crippen LogP contribution in [-0.4, -0.2) is 30.6 Å². The second kappa shape index (κ2) is 8.53. The van der Waals surface area contributed by atoms with Crippen LogP contribution in [0.1, 0.15) is 29.3 Å². The lowest BCUT2D eigenvalue weighted by atomic mass is 10.2. The van der Waals surface area contributed by atoms with E-state index >= 15 is 0 Å². The fourth-order valence-corrected chi connectivity index (χ4v) is 2.88. The van der Waals surface area contributed by atoms with Crippen molar-refractivity contribution in [2.45, 2.75) is 39.9 Å². The Kier molecular flexibility index (Phi) is 5.90. The Morgan fingerprint density at radius 3 is 2.56 bits per heavy atom.